The van der Waals surface area contributed by atoms with E-state index in [1.165, 1.54) is 64.6 Å². The Morgan fingerprint density at radius 2 is 1.28 bits per heavy atom. The second-order valence-electron chi connectivity index (χ2n) is 9.82. The van der Waals surface area contributed by atoms with Gasteiger partial charge in [-0.05, 0) is 94.5 Å². The van der Waals surface area contributed by atoms with Gasteiger partial charge in [-0.1, -0.05) is 74.5 Å². The van der Waals surface area contributed by atoms with E-state index in [2.05, 4.69) is 104 Å². The molecule has 0 unspecified atom stereocenters. The number of fused-ring (bicyclic) bond motifs is 4. The van der Waals surface area contributed by atoms with Gasteiger partial charge in [0, 0.05) is 16.8 Å². The van der Waals surface area contributed by atoms with Crippen molar-refractivity contribution >= 4 is 11.4 Å². The Balaban J connectivity index is 1.26. The second-order valence-corrected chi connectivity index (χ2v) is 9.82. The van der Waals surface area contributed by atoms with Crippen molar-refractivity contribution in [1.29, 1.82) is 0 Å². The van der Waals surface area contributed by atoms with Crippen LogP contribution in [0.5, 0.6) is 0 Å². The molecule has 0 spiro atoms. The summed E-state index contributed by atoms with van der Waals surface area (Å²) >= 11 is 0. The van der Waals surface area contributed by atoms with Crippen molar-refractivity contribution in [1.82, 2.24) is 0 Å². The van der Waals surface area contributed by atoms with Gasteiger partial charge in [-0.15, -0.1) is 0 Å². The summed E-state index contributed by atoms with van der Waals surface area (Å²) < 4.78 is 0. The fourth-order valence-corrected chi connectivity index (χ4v) is 5.61. The van der Waals surface area contributed by atoms with E-state index in [1.54, 1.807) is 5.56 Å². The molecule has 6 rings (SSSR count). The highest BCUT2D eigenvalue weighted by molar-refractivity contribution is 5.83. The Labute approximate surface area is 191 Å². The van der Waals surface area contributed by atoms with Gasteiger partial charge in [-0.3, -0.25) is 0 Å². The molecule has 0 bridgehead atoms. The first-order valence-electron chi connectivity index (χ1n) is 11.8. The number of aryl methyl sites for hydroxylation is 2. The van der Waals surface area contributed by atoms with Crippen molar-refractivity contribution < 1.29 is 0 Å². The lowest BCUT2D eigenvalue weighted by molar-refractivity contribution is 0.660. The molecule has 0 aromatic heterocycles. The first kappa shape index (κ1) is 19.4. The molecule has 1 nitrogen and oxygen atoms in total. The maximum absolute atomic E-state index is 3.63. The zero-order chi connectivity index (χ0) is 21.7. The number of hydrogen-bond donors (Lipinski definition) is 1. The first-order valence-corrected chi connectivity index (χ1v) is 11.8. The average molecular weight is 416 g/mol. The Morgan fingerprint density at radius 1 is 0.594 bits per heavy atom. The van der Waals surface area contributed by atoms with Gasteiger partial charge in [0.05, 0.1) is 0 Å². The summed E-state index contributed by atoms with van der Waals surface area (Å²) in [6.07, 6.45) is 5.11. The minimum absolute atomic E-state index is 0.0277. The molecule has 2 aliphatic carbocycles. The largest absolute Gasteiger partial charge is 0.356 e. The van der Waals surface area contributed by atoms with Crippen LogP contribution in [0.25, 0.3) is 22.3 Å². The van der Waals surface area contributed by atoms with Crippen molar-refractivity contribution in [3.63, 3.8) is 0 Å². The highest BCUT2D eigenvalue weighted by atomic mass is 14.9. The lowest BCUT2D eigenvalue weighted by Crippen LogP contribution is -2.15. The molecule has 0 fully saturated rings. The van der Waals surface area contributed by atoms with Crippen LogP contribution in [0.3, 0.4) is 0 Å². The third-order valence-corrected chi connectivity index (χ3v) is 7.44. The SMILES string of the molecule is CC1(C)c2ccccc2-c2ccc(Nc3ccc(-c4ccc5c(c4)CCCC5)cc3)cc21. The molecule has 1 heteroatoms. The van der Waals surface area contributed by atoms with Gasteiger partial charge >= 0.3 is 0 Å². The molecule has 4 aromatic carbocycles. The summed E-state index contributed by atoms with van der Waals surface area (Å²) in [5.41, 5.74) is 13.5. The maximum Gasteiger partial charge on any atom is 0.0387 e. The van der Waals surface area contributed by atoms with Crippen LogP contribution in [0.2, 0.25) is 0 Å². The van der Waals surface area contributed by atoms with Gasteiger partial charge in [0.15, 0.2) is 0 Å². The van der Waals surface area contributed by atoms with Gasteiger partial charge in [-0.2, -0.15) is 0 Å². The van der Waals surface area contributed by atoms with E-state index in [9.17, 15) is 0 Å². The van der Waals surface area contributed by atoms with Crippen LogP contribution >= 0.6 is 0 Å². The summed E-state index contributed by atoms with van der Waals surface area (Å²) in [6, 6.07) is 31.5. The van der Waals surface area contributed by atoms with Crippen LogP contribution in [-0.2, 0) is 18.3 Å². The number of nitrogens with one attached hydrogen (secondary N) is 1. The van der Waals surface area contributed by atoms with Crippen molar-refractivity contribution in [3.05, 3.63) is 107 Å². The van der Waals surface area contributed by atoms with E-state index in [-0.39, 0.29) is 5.41 Å². The summed E-state index contributed by atoms with van der Waals surface area (Å²) in [6.45, 7) is 4.66. The molecular weight excluding hydrogens is 386 g/mol. The average Bonchev–Trinajstić information content (AvgIpc) is 3.06. The Kier molecular flexibility index (Phi) is 4.47. The predicted molar refractivity (Wildman–Crippen MR) is 136 cm³/mol. The molecule has 2 aliphatic rings. The molecule has 4 aromatic rings. The number of rotatable bonds is 3. The van der Waals surface area contributed by atoms with Gasteiger partial charge in [-0.25, -0.2) is 0 Å². The zero-order valence-electron chi connectivity index (χ0n) is 18.9. The fraction of sp³-hybridized carbons (Fsp3) is 0.226. The van der Waals surface area contributed by atoms with E-state index in [1.807, 2.05) is 0 Å². The predicted octanol–water partition coefficient (Wildman–Crippen LogP) is 8.28. The molecule has 1 N–H and O–H groups in total. The zero-order valence-corrected chi connectivity index (χ0v) is 18.9. The lowest BCUT2D eigenvalue weighted by Gasteiger charge is -2.22. The second kappa shape index (κ2) is 7.38. The standard InChI is InChI=1S/C31H29N/c1-31(2)29-10-6-5-9-27(29)28-18-17-26(20-30(28)31)32-25-15-13-22(14-16-25)24-12-11-21-7-3-4-8-23(21)19-24/h5-6,9-20,32H,3-4,7-8H2,1-2H3. The van der Waals surface area contributed by atoms with E-state index in [0.29, 0.717) is 0 Å². The van der Waals surface area contributed by atoms with Gasteiger partial charge in [0.2, 0.25) is 0 Å². The molecular formula is C31H29N. The minimum Gasteiger partial charge on any atom is -0.356 e. The third-order valence-electron chi connectivity index (χ3n) is 7.44. The van der Waals surface area contributed by atoms with Crippen LogP contribution in [-0.4, -0.2) is 0 Å². The highest BCUT2D eigenvalue weighted by Gasteiger charge is 2.35. The summed E-state index contributed by atoms with van der Waals surface area (Å²) in [5.74, 6) is 0. The van der Waals surface area contributed by atoms with Crippen LogP contribution in [0.1, 0.15) is 48.9 Å². The number of anilines is 2. The quantitative estimate of drug-likeness (QED) is 0.355. The summed E-state index contributed by atoms with van der Waals surface area (Å²) in [4.78, 5) is 0. The van der Waals surface area contributed by atoms with Gasteiger partial charge < -0.3 is 5.32 Å². The maximum atomic E-state index is 3.63. The van der Waals surface area contributed by atoms with Crippen molar-refractivity contribution in [2.75, 3.05) is 5.32 Å². The van der Waals surface area contributed by atoms with Crippen LogP contribution < -0.4 is 5.32 Å². The smallest absolute Gasteiger partial charge is 0.0387 e. The van der Waals surface area contributed by atoms with E-state index in [4.69, 9.17) is 0 Å². The molecule has 0 amide bonds. The highest BCUT2D eigenvalue weighted by Crippen LogP contribution is 2.49. The molecule has 0 radical (unpaired) electrons. The van der Waals surface area contributed by atoms with Gasteiger partial charge in [0.25, 0.3) is 0 Å². The molecule has 0 heterocycles. The lowest BCUT2D eigenvalue weighted by atomic mass is 9.82. The fourth-order valence-electron chi connectivity index (χ4n) is 5.61. The van der Waals surface area contributed by atoms with Crippen molar-refractivity contribution in [2.45, 2.75) is 44.9 Å². The number of hydrogen-bond acceptors (Lipinski definition) is 1. The topological polar surface area (TPSA) is 12.0 Å². The Bertz CT molecular complexity index is 1310. The molecule has 0 saturated heterocycles. The molecule has 0 atom stereocenters. The van der Waals surface area contributed by atoms with Crippen molar-refractivity contribution in [2.24, 2.45) is 0 Å². The Morgan fingerprint density at radius 3 is 2.12 bits per heavy atom. The van der Waals surface area contributed by atoms with E-state index >= 15 is 0 Å². The molecule has 0 aliphatic heterocycles. The van der Waals surface area contributed by atoms with Crippen LogP contribution in [0.4, 0.5) is 11.4 Å². The van der Waals surface area contributed by atoms with Gasteiger partial charge in [0.1, 0.15) is 0 Å². The molecule has 158 valence electrons. The van der Waals surface area contributed by atoms with Crippen LogP contribution in [0.15, 0.2) is 84.9 Å². The summed E-state index contributed by atoms with van der Waals surface area (Å²) in [5, 5.41) is 3.63. The monoisotopic (exact) mass is 415 g/mol. The number of benzene rings is 4. The normalized spacial score (nSPS) is 15.6. The van der Waals surface area contributed by atoms with E-state index < -0.39 is 0 Å². The Hall–Kier alpha value is -3.32. The first-order chi connectivity index (χ1) is 15.6. The van der Waals surface area contributed by atoms with Crippen LogP contribution in [0, 0.1) is 0 Å². The summed E-state index contributed by atoms with van der Waals surface area (Å²) in [7, 11) is 0. The van der Waals surface area contributed by atoms with Crippen molar-refractivity contribution in [3.8, 4) is 22.3 Å². The molecule has 0 saturated carbocycles. The van der Waals surface area contributed by atoms with E-state index in [0.717, 1.165) is 11.4 Å². The minimum atomic E-state index is 0.0277. The third kappa shape index (κ3) is 3.15. The molecule has 32 heavy (non-hydrogen) atoms.